The average molecular weight is 338 g/mol. The highest BCUT2D eigenvalue weighted by molar-refractivity contribution is 8.26. The monoisotopic (exact) mass is 338 g/mol. The lowest BCUT2D eigenvalue weighted by atomic mass is 10.1. The van der Waals surface area contributed by atoms with E-state index in [0.29, 0.717) is 14.9 Å². The molecule has 0 bridgehead atoms. The van der Waals surface area contributed by atoms with Gasteiger partial charge >= 0.3 is 0 Å². The fourth-order valence-electron chi connectivity index (χ4n) is 2.42. The summed E-state index contributed by atoms with van der Waals surface area (Å²) in [5, 5.41) is 13.1. The van der Waals surface area contributed by atoms with Gasteiger partial charge in [-0.05, 0) is 17.5 Å². The van der Waals surface area contributed by atoms with Crippen molar-refractivity contribution in [2.75, 3.05) is 0 Å². The smallest absolute Gasteiger partial charge is 0.263 e. The van der Waals surface area contributed by atoms with E-state index in [2.05, 4.69) is 27.8 Å². The van der Waals surface area contributed by atoms with Crippen LogP contribution < -0.4 is 5.32 Å². The molecule has 0 aliphatic carbocycles. The predicted octanol–water partition coefficient (Wildman–Crippen LogP) is 2.91. The molecule has 0 atom stereocenters. The molecule has 0 radical (unpaired) electrons. The summed E-state index contributed by atoms with van der Waals surface area (Å²) in [5.74, 6) is -0.195. The average Bonchev–Trinajstić information content (AvgIpc) is 3.14. The second-order valence-corrected chi connectivity index (χ2v) is 6.66. The van der Waals surface area contributed by atoms with Crippen molar-refractivity contribution >= 4 is 51.1 Å². The molecule has 5 nitrogen and oxygen atoms in total. The maximum Gasteiger partial charge on any atom is 0.263 e. The van der Waals surface area contributed by atoms with Gasteiger partial charge in [0, 0.05) is 5.39 Å². The number of hydrogen-bond donors (Lipinski definition) is 1. The lowest BCUT2D eigenvalue weighted by Gasteiger charge is -2.04. The summed E-state index contributed by atoms with van der Waals surface area (Å²) in [7, 11) is 0. The molecule has 1 saturated heterocycles. The largest absolute Gasteiger partial charge is 0.307 e. The standard InChI is InChI=1S/C16H10N4OS2/c21-15-14(23-16(22)17-15)8-11-9-20(19-18-11)13-7-3-5-10-4-1-2-6-12(10)13/h1-9H,(H,17,21,22)/b14-8-. The van der Waals surface area contributed by atoms with E-state index in [4.69, 9.17) is 12.2 Å². The second-order valence-electron chi connectivity index (χ2n) is 4.94. The van der Waals surface area contributed by atoms with Gasteiger partial charge in [0.2, 0.25) is 0 Å². The van der Waals surface area contributed by atoms with Gasteiger partial charge in [-0.15, -0.1) is 5.10 Å². The number of nitrogens with zero attached hydrogens (tertiary/aromatic N) is 3. The molecule has 1 N–H and O–H groups in total. The molecular formula is C16H10N4OS2. The number of aromatic nitrogens is 3. The van der Waals surface area contributed by atoms with Gasteiger partial charge in [-0.1, -0.05) is 65.6 Å². The van der Waals surface area contributed by atoms with Crippen molar-refractivity contribution < 1.29 is 4.79 Å². The Hall–Kier alpha value is -2.51. The molecular weight excluding hydrogens is 328 g/mol. The summed E-state index contributed by atoms with van der Waals surface area (Å²) in [6.45, 7) is 0. The second kappa shape index (κ2) is 5.60. The topological polar surface area (TPSA) is 59.8 Å². The van der Waals surface area contributed by atoms with E-state index >= 15 is 0 Å². The minimum atomic E-state index is -0.195. The summed E-state index contributed by atoms with van der Waals surface area (Å²) < 4.78 is 2.17. The van der Waals surface area contributed by atoms with Gasteiger partial charge in [-0.25, -0.2) is 4.68 Å². The third-order valence-corrected chi connectivity index (χ3v) is 4.61. The number of rotatable bonds is 2. The molecule has 7 heteroatoms. The van der Waals surface area contributed by atoms with Crippen LogP contribution in [0.1, 0.15) is 5.69 Å². The number of thiocarbonyl (C=S) groups is 1. The van der Waals surface area contributed by atoms with E-state index < -0.39 is 0 Å². The Morgan fingerprint density at radius 2 is 2.00 bits per heavy atom. The first-order valence-corrected chi connectivity index (χ1v) is 8.08. The zero-order valence-electron chi connectivity index (χ0n) is 11.8. The molecule has 112 valence electrons. The molecule has 0 saturated carbocycles. The molecule has 1 fully saturated rings. The van der Waals surface area contributed by atoms with Crippen molar-refractivity contribution in [1.29, 1.82) is 0 Å². The Bertz CT molecular complexity index is 972. The Morgan fingerprint density at radius 3 is 2.83 bits per heavy atom. The number of hydrogen-bond acceptors (Lipinski definition) is 5. The van der Waals surface area contributed by atoms with Gasteiger partial charge < -0.3 is 5.32 Å². The van der Waals surface area contributed by atoms with Crippen molar-refractivity contribution in [3.63, 3.8) is 0 Å². The van der Waals surface area contributed by atoms with Gasteiger partial charge in [-0.3, -0.25) is 4.79 Å². The van der Waals surface area contributed by atoms with E-state index in [9.17, 15) is 4.79 Å². The molecule has 0 unspecified atom stereocenters. The van der Waals surface area contributed by atoms with E-state index in [1.165, 1.54) is 11.8 Å². The minimum Gasteiger partial charge on any atom is -0.307 e. The SMILES string of the molecule is O=C1NC(=S)S/C1=C\c1cn(-c2cccc3ccccc23)nn1. The van der Waals surface area contributed by atoms with Crippen LogP contribution in [0.3, 0.4) is 0 Å². The van der Waals surface area contributed by atoms with Gasteiger partial charge in [0.1, 0.15) is 10.0 Å². The van der Waals surface area contributed by atoms with Crippen LogP contribution in [0.5, 0.6) is 0 Å². The fraction of sp³-hybridized carbons (Fsp3) is 0. The van der Waals surface area contributed by atoms with Crippen LogP contribution in [0.15, 0.2) is 53.6 Å². The quantitative estimate of drug-likeness (QED) is 0.575. The number of benzene rings is 2. The van der Waals surface area contributed by atoms with Crippen LogP contribution in [0.25, 0.3) is 22.5 Å². The molecule has 1 aliphatic heterocycles. The molecule has 1 amide bonds. The first kappa shape index (κ1) is 14.1. The summed E-state index contributed by atoms with van der Waals surface area (Å²) >= 11 is 6.20. The van der Waals surface area contributed by atoms with Crippen LogP contribution in [0.2, 0.25) is 0 Å². The Balaban J connectivity index is 1.74. The maximum atomic E-state index is 11.7. The summed E-state index contributed by atoms with van der Waals surface area (Å²) in [6, 6.07) is 14.1. The lowest BCUT2D eigenvalue weighted by Crippen LogP contribution is -2.17. The normalized spacial score (nSPS) is 16.3. The van der Waals surface area contributed by atoms with E-state index in [0.717, 1.165) is 16.5 Å². The molecule has 1 aliphatic rings. The predicted molar refractivity (Wildman–Crippen MR) is 95.2 cm³/mol. The Morgan fingerprint density at radius 1 is 1.17 bits per heavy atom. The molecule has 2 heterocycles. The van der Waals surface area contributed by atoms with Crippen molar-refractivity contribution in [2.24, 2.45) is 0 Å². The zero-order chi connectivity index (χ0) is 15.8. The van der Waals surface area contributed by atoms with Crippen LogP contribution in [-0.2, 0) is 4.79 Å². The molecule has 4 rings (SSSR count). The summed E-state index contributed by atoms with van der Waals surface area (Å²) in [6.07, 6.45) is 3.48. The maximum absolute atomic E-state index is 11.7. The van der Waals surface area contributed by atoms with Gasteiger partial charge in [-0.2, -0.15) is 0 Å². The molecule has 3 aromatic rings. The molecule has 1 aromatic heterocycles. The number of carbonyl (C=O) groups is 1. The fourth-order valence-corrected chi connectivity index (χ4v) is 3.45. The van der Waals surface area contributed by atoms with Gasteiger partial charge in [0.15, 0.2) is 0 Å². The highest BCUT2D eigenvalue weighted by Gasteiger charge is 2.22. The first-order valence-electron chi connectivity index (χ1n) is 6.86. The van der Waals surface area contributed by atoms with Crippen molar-refractivity contribution in [2.45, 2.75) is 0 Å². The van der Waals surface area contributed by atoms with Crippen molar-refractivity contribution in [3.05, 3.63) is 59.3 Å². The van der Waals surface area contributed by atoms with Crippen LogP contribution in [0.4, 0.5) is 0 Å². The summed E-state index contributed by atoms with van der Waals surface area (Å²) in [4.78, 5) is 12.2. The van der Waals surface area contributed by atoms with E-state index in [1.807, 2.05) is 30.3 Å². The number of carbonyl (C=O) groups excluding carboxylic acids is 1. The highest BCUT2D eigenvalue weighted by Crippen LogP contribution is 2.26. The number of nitrogens with one attached hydrogen (secondary N) is 1. The number of fused-ring (bicyclic) bond motifs is 1. The third-order valence-electron chi connectivity index (χ3n) is 3.45. The first-order chi connectivity index (χ1) is 11.2. The van der Waals surface area contributed by atoms with Crippen molar-refractivity contribution in [1.82, 2.24) is 20.3 Å². The Labute approximate surface area is 141 Å². The lowest BCUT2D eigenvalue weighted by molar-refractivity contribution is -0.115. The zero-order valence-corrected chi connectivity index (χ0v) is 13.4. The van der Waals surface area contributed by atoms with Crippen LogP contribution in [0, 0.1) is 0 Å². The minimum absolute atomic E-state index is 0.195. The number of amides is 1. The van der Waals surface area contributed by atoms with Crippen molar-refractivity contribution in [3.8, 4) is 5.69 Å². The molecule has 0 spiro atoms. The third kappa shape index (κ3) is 2.64. The van der Waals surface area contributed by atoms with Crippen LogP contribution >= 0.6 is 24.0 Å². The number of thioether (sulfide) groups is 1. The Kier molecular flexibility index (Phi) is 3.44. The van der Waals surface area contributed by atoms with Crippen LogP contribution in [-0.4, -0.2) is 25.2 Å². The summed E-state index contributed by atoms with van der Waals surface area (Å²) in [5.41, 5.74) is 1.56. The highest BCUT2D eigenvalue weighted by atomic mass is 32.2. The van der Waals surface area contributed by atoms with E-state index in [1.54, 1.807) is 17.0 Å². The van der Waals surface area contributed by atoms with Gasteiger partial charge in [0.05, 0.1) is 16.8 Å². The molecule has 2 aromatic carbocycles. The van der Waals surface area contributed by atoms with Gasteiger partial charge in [0.25, 0.3) is 5.91 Å². The van der Waals surface area contributed by atoms with E-state index in [-0.39, 0.29) is 5.91 Å². The molecule has 23 heavy (non-hydrogen) atoms.